The summed E-state index contributed by atoms with van der Waals surface area (Å²) < 4.78 is 0. The Balaban J connectivity index is 3.26. The largest absolute Gasteiger partial charge is 0.125 e. The first-order valence-electron chi connectivity index (χ1n) is 1.93. The zero-order valence-electron chi connectivity index (χ0n) is 4.31. The number of hydrogen-bond donors (Lipinski definition) is 0. The van der Waals surface area contributed by atoms with Crippen LogP contribution in [-0.4, -0.2) is 18.4 Å². The van der Waals surface area contributed by atoms with Crippen molar-refractivity contribution in [3.8, 4) is 0 Å². The van der Waals surface area contributed by atoms with Gasteiger partial charge in [-0.2, -0.15) is 0 Å². The molecule has 36 valence electrons. The van der Waals surface area contributed by atoms with Crippen LogP contribution in [0.25, 0.3) is 0 Å². The molecule has 0 N–H and O–H groups in total. The van der Waals surface area contributed by atoms with Crippen molar-refractivity contribution in [3.63, 3.8) is 0 Å². The first-order valence-corrected chi connectivity index (χ1v) is 4.64. The van der Waals surface area contributed by atoms with Crippen molar-refractivity contribution in [2.45, 2.75) is 12.3 Å². The maximum atomic E-state index is 3.88. The van der Waals surface area contributed by atoms with Crippen LogP contribution in [0.4, 0.5) is 0 Å². The van der Waals surface area contributed by atoms with Crippen molar-refractivity contribution in [2.24, 2.45) is 0 Å². The van der Waals surface area contributed by atoms with Gasteiger partial charge in [-0.05, 0) is 6.92 Å². The first-order chi connectivity index (χ1) is 2.64. The van der Waals surface area contributed by atoms with Crippen LogP contribution in [0.15, 0.2) is 0 Å². The van der Waals surface area contributed by atoms with Crippen LogP contribution in [0, 0.1) is 0 Å². The van der Waals surface area contributed by atoms with Crippen LogP contribution in [0.2, 0.25) is 0 Å². The van der Waals surface area contributed by atoms with Gasteiger partial charge in [-0.25, -0.2) is 0 Å². The lowest BCUT2D eigenvalue weighted by Crippen LogP contribution is -1.74. The lowest BCUT2D eigenvalue weighted by molar-refractivity contribution is 1.41. The first kappa shape index (κ1) is 6.60. The molecule has 0 aromatic rings. The smallest absolute Gasteiger partial charge is 0.0864 e. The van der Waals surface area contributed by atoms with Gasteiger partial charge in [0, 0.05) is 0 Å². The van der Waals surface area contributed by atoms with E-state index in [1.807, 2.05) is 0 Å². The molecule has 3 unspecified atom stereocenters. The van der Waals surface area contributed by atoms with Crippen LogP contribution in [0.3, 0.4) is 0 Å². The summed E-state index contributed by atoms with van der Waals surface area (Å²) in [6.45, 7) is 4.34. The van der Waals surface area contributed by atoms with Crippen LogP contribution in [0.5, 0.6) is 0 Å². The van der Waals surface area contributed by atoms with E-state index in [4.69, 9.17) is 0 Å². The summed E-state index contributed by atoms with van der Waals surface area (Å²) in [6, 6.07) is 0. The van der Waals surface area contributed by atoms with E-state index < -0.39 is 0 Å². The van der Waals surface area contributed by atoms with Crippen molar-refractivity contribution in [1.82, 2.24) is 0 Å². The number of rotatable bonds is 1. The van der Waals surface area contributed by atoms with Gasteiger partial charge in [0.1, 0.15) is 5.40 Å². The van der Waals surface area contributed by atoms with Crippen molar-refractivity contribution in [1.29, 1.82) is 0 Å². The van der Waals surface area contributed by atoms with Crippen LogP contribution in [0.1, 0.15) is 6.92 Å². The fourth-order valence-corrected chi connectivity index (χ4v) is 0. The minimum atomic E-state index is 0.0535. The predicted molar refractivity (Wildman–Crippen MR) is 39.1 cm³/mol. The highest BCUT2D eigenvalue weighted by molar-refractivity contribution is 7.62. The standard InChI is InChI=1S/C4H11P2/c1-4(5)6(2)3/h4H,2,5H2,1,3H3/q+1. The van der Waals surface area contributed by atoms with Gasteiger partial charge in [-0.1, -0.05) is 9.24 Å². The van der Waals surface area contributed by atoms with Gasteiger partial charge in [0.25, 0.3) is 0 Å². The molecule has 0 aliphatic heterocycles. The molecule has 0 rings (SSSR count). The molecule has 0 aliphatic carbocycles. The molecular weight excluding hydrogens is 110 g/mol. The molecule has 0 saturated carbocycles. The van der Waals surface area contributed by atoms with Gasteiger partial charge in [-0.3, -0.25) is 0 Å². The average Bonchev–Trinajstić information content (AvgIpc) is 1.36. The SMILES string of the molecule is C=[P+](C)C(C)P. The molecule has 0 aromatic heterocycles. The minimum absolute atomic E-state index is 0.0535. The summed E-state index contributed by atoms with van der Waals surface area (Å²) in [5.74, 6) is 0. The molecule has 0 bridgehead atoms. The normalized spacial score (nSPS) is 16.8. The summed E-state index contributed by atoms with van der Waals surface area (Å²) in [7, 11) is 2.79. The Hall–Kier alpha value is 0.600. The van der Waals surface area contributed by atoms with E-state index in [1.165, 1.54) is 0 Å². The molecule has 0 fully saturated rings. The van der Waals surface area contributed by atoms with Crippen molar-refractivity contribution in [3.05, 3.63) is 0 Å². The molecule has 3 atom stereocenters. The molecule has 0 nitrogen and oxygen atoms in total. The quantitative estimate of drug-likeness (QED) is 0.463. The maximum absolute atomic E-state index is 3.88. The second-order valence-corrected chi connectivity index (χ2v) is 5.39. The van der Waals surface area contributed by atoms with Gasteiger partial charge < -0.3 is 0 Å². The Kier molecular flexibility index (Phi) is 2.99. The molecule has 0 spiro atoms. The maximum Gasteiger partial charge on any atom is 0.125 e. The molecule has 6 heavy (non-hydrogen) atoms. The molecule has 0 heterocycles. The lowest BCUT2D eigenvalue weighted by Gasteiger charge is -1.85. The van der Waals surface area contributed by atoms with E-state index in [1.54, 1.807) is 0 Å². The summed E-state index contributed by atoms with van der Waals surface area (Å²) in [4.78, 5) is 0. The monoisotopic (exact) mass is 121 g/mol. The molecule has 0 radical (unpaired) electrons. The van der Waals surface area contributed by atoms with Crippen molar-refractivity contribution in [2.75, 3.05) is 6.66 Å². The highest BCUT2D eigenvalue weighted by Gasteiger charge is 2.00. The second-order valence-electron chi connectivity index (χ2n) is 1.50. The lowest BCUT2D eigenvalue weighted by atomic mass is 11.0. The topological polar surface area (TPSA) is 0 Å². The molecule has 0 saturated heterocycles. The minimum Gasteiger partial charge on any atom is -0.0864 e. The third kappa shape index (κ3) is 2.82. The predicted octanol–water partition coefficient (Wildman–Crippen LogP) is 1.75. The zero-order valence-corrected chi connectivity index (χ0v) is 6.36. The summed E-state index contributed by atoms with van der Waals surface area (Å²) >= 11 is 0. The van der Waals surface area contributed by atoms with E-state index in [0.29, 0.717) is 0 Å². The van der Waals surface area contributed by atoms with E-state index >= 15 is 0 Å². The number of hydrogen-bond acceptors (Lipinski definition) is 0. The van der Waals surface area contributed by atoms with E-state index in [0.717, 1.165) is 5.40 Å². The molecule has 0 aromatic carbocycles. The van der Waals surface area contributed by atoms with Crippen molar-refractivity contribution < 1.29 is 0 Å². The fourth-order valence-electron chi connectivity index (χ4n) is 0. The van der Waals surface area contributed by atoms with Gasteiger partial charge in [0.15, 0.2) is 0 Å². The Morgan fingerprint density at radius 1 is 1.83 bits per heavy atom. The fraction of sp³-hybridized carbons (Fsp3) is 0.750. The Bertz CT molecular complexity index is 56.6. The van der Waals surface area contributed by atoms with Crippen molar-refractivity contribution >= 4 is 23.1 Å². The van der Waals surface area contributed by atoms with Gasteiger partial charge in [0.05, 0.1) is 20.5 Å². The molecule has 2 heteroatoms. The average molecular weight is 121 g/mol. The van der Waals surface area contributed by atoms with E-state index in [9.17, 15) is 0 Å². The Morgan fingerprint density at radius 2 is 2.00 bits per heavy atom. The third-order valence-electron chi connectivity index (χ3n) is 0.695. The van der Waals surface area contributed by atoms with Gasteiger partial charge >= 0.3 is 0 Å². The van der Waals surface area contributed by atoms with Gasteiger partial charge in [-0.15, -0.1) is 0 Å². The van der Waals surface area contributed by atoms with Crippen LogP contribution < -0.4 is 0 Å². The van der Waals surface area contributed by atoms with E-state index in [-0.39, 0.29) is 7.55 Å². The van der Waals surface area contributed by atoms with Gasteiger partial charge in [0.2, 0.25) is 0 Å². The molecule has 0 amide bonds. The van der Waals surface area contributed by atoms with Crippen LogP contribution >= 0.6 is 16.8 Å². The Morgan fingerprint density at radius 3 is 2.00 bits per heavy atom. The van der Waals surface area contributed by atoms with E-state index in [2.05, 4.69) is 29.1 Å². The highest BCUT2D eigenvalue weighted by atomic mass is 31.1. The Labute approximate surface area is 42.9 Å². The summed E-state index contributed by atoms with van der Waals surface area (Å²) in [5, 5.41) is 0.722. The zero-order chi connectivity index (χ0) is 5.15. The second kappa shape index (κ2) is 2.72. The summed E-state index contributed by atoms with van der Waals surface area (Å²) in [6.07, 6.45) is 3.88. The van der Waals surface area contributed by atoms with Crippen LogP contribution in [-0.2, 0) is 0 Å². The molecular formula is C4H11P2+. The summed E-state index contributed by atoms with van der Waals surface area (Å²) in [5.41, 5.74) is 0. The highest BCUT2D eigenvalue weighted by Crippen LogP contribution is 2.26. The third-order valence-corrected chi connectivity index (χ3v) is 3.61. The molecule has 0 aliphatic rings.